The first-order chi connectivity index (χ1) is 8.59. The van der Waals surface area contributed by atoms with Crippen LogP contribution in [0, 0.1) is 17.8 Å². The standard InChI is InChI=1S/C15H28N2O/c1-10-6-4-8-14(11(10)2)17-15(18)13-7-5-9-16-12(13)3/h10-14,16H,4-9H2,1-3H3,(H,17,18). The monoisotopic (exact) mass is 252 g/mol. The van der Waals surface area contributed by atoms with Crippen LogP contribution in [0.25, 0.3) is 0 Å². The molecule has 1 heterocycles. The summed E-state index contributed by atoms with van der Waals surface area (Å²) < 4.78 is 0. The van der Waals surface area contributed by atoms with Crippen molar-refractivity contribution in [3.8, 4) is 0 Å². The number of carbonyl (C=O) groups excluding carboxylic acids is 1. The summed E-state index contributed by atoms with van der Waals surface area (Å²) in [6, 6.07) is 0.727. The second-order valence-electron chi connectivity index (χ2n) is 6.37. The highest BCUT2D eigenvalue weighted by Crippen LogP contribution is 2.30. The lowest BCUT2D eigenvalue weighted by Gasteiger charge is -2.37. The van der Waals surface area contributed by atoms with E-state index in [4.69, 9.17) is 0 Å². The fourth-order valence-corrected chi connectivity index (χ4v) is 3.48. The third-order valence-electron chi connectivity index (χ3n) is 5.13. The van der Waals surface area contributed by atoms with Gasteiger partial charge in [-0.2, -0.15) is 0 Å². The normalized spacial score (nSPS) is 41.4. The van der Waals surface area contributed by atoms with Crippen molar-refractivity contribution in [1.29, 1.82) is 0 Å². The van der Waals surface area contributed by atoms with E-state index in [1.807, 2.05) is 0 Å². The molecule has 2 N–H and O–H groups in total. The van der Waals surface area contributed by atoms with Gasteiger partial charge in [0.2, 0.25) is 5.91 Å². The molecule has 104 valence electrons. The first-order valence-electron chi connectivity index (χ1n) is 7.63. The van der Waals surface area contributed by atoms with Gasteiger partial charge in [0.25, 0.3) is 0 Å². The smallest absolute Gasteiger partial charge is 0.224 e. The molecule has 0 spiro atoms. The number of hydrogen-bond acceptors (Lipinski definition) is 2. The summed E-state index contributed by atoms with van der Waals surface area (Å²) in [5.74, 6) is 1.81. The molecule has 0 radical (unpaired) electrons. The molecule has 18 heavy (non-hydrogen) atoms. The SMILES string of the molecule is CC1CCCC(NC(=O)C2CCCNC2C)C1C. The molecule has 2 rings (SSSR count). The van der Waals surface area contributed by atoms with Crippen LogP contribution in [0.1, 0.15) is 52.9 Å². The maximum Gasteiger partial charge on any atom is 0.224 e. The van der Waals surface area contributed by atoms with E-state index in [-0.39, 0.29) is 11.8 Å². The second-order valence-corrected chi connectivity index (χ2v) is 6.37. The average molecular weight is 252 g/mol. The third-order valence-corrected chi connectivity index (χ3v) is 5.13. The number of carbonyl (C=O) groups is 1. The van der Waals surface area contributed by atoms with Crippen molar-refractivity contribution in [3.63, 3.8) is 0 Å². The summed E-state index contributed by atoms with van der Waals surface area (Å²) in [5, 5.41) is 6.73. The second kappa shape index (κ2) is 6.05. The maximum atomic E-state index is 12.4. The lowest BCUT2D eigenvalue weighted by Crippen LogP contribution is -2.51. The summed E-state index contributed by atoms with van der Waals surface area (Å²) in [5.41, 5.74) is 0. The van der Waals surface area contributed by atoms with Crippen molar-refractivity contribution in [1.82, 2.24) is 10.6 Å². The van der Waals surface area contributed by atoms with Gasteiger partial charge >= 0.3 is 0 Å². The Morgan fingerprint density at radius 2 is 1.89 bits per heavy atom. The molecule has 0 aromatic carbocycles. The first kappa shape index (κ1) is 13.9. The van der Waals surface area contributed by atoms with Crippen LogP contribution < -0.4 is 10.6 Å². The Kier molecular flexibility index (Phi) is 4.66. The number of hydrogen-bond donors (Lipinski definition) is 2. The Morgan fingerprint density at radius 1 is 1.11 bits per heavy atom. The fourth-order valence-electron chi connectivity index (χ4n) is 3.48. The van der Waals surface area contributed by atoms with Crippen molar-refractivity contribution >= 4 is 5.91 Å². The van der Waals surface area contributed by atoms with Gasteiger partial charge in [-0.1, -0.05) is 26.7 Å². The van der Waals surface area contributed by atoms with Crippen LogP contribution in [-0.2, 0) is 4.79 Å². The molecule has 5 unspecified atom stereocenters. The van der Waals surface area contributed by atoms with Gasteiger partial charge in [0.05, 0.1) is 5.92 Å². The van der Waals surface area contributed by atoms with Gasteiger partial charge in [-0.05, 0) is 44.6 Å². The van der Waals surface area contributed by atoms with E-state index < -0.39 is 0 Å². The van der Waals surface area contributed by atoms with E-state index in [0.29, 0.717) is 18.0 Å². The van der Waals surface area contributed by atoms with E-state index in [9.17, 15) is 4.79 Å². The van der Waals surface area contributed by atoms with Crippen molar-refractivity contribution in [3.05, 3.63) is 0 Å². The molecular formula is C15H28N2O. The van der Waals surface area contributed by atoms with Crippen LogP contribution in [-0.4, -0.2) is 24.5 Å². The van der Waals surface area contributed by atoms with Crippen LogP contribution in [0.3, 0.4) is 0 Å². The van der Waals surface area contributed by atoms with E-state index >= 15 is 0 Å². The van der Waals surface area contributed by atoms with Crippen molar-refractivity contribution in [2.45, 2.75) is 65.0 Å². The summed E-state index contributed by atoms with van der Waals surface area (Å²) in [6.45, 7) is 7.79. The van der Waals surface area contributed by atoms with Crippen LogP contribution in [0.15, 0.2) is 0 Å². The van der Waals surface area contributed by atoms with Crippen LogP contribution in [0.5, 0.6) is 0 Å². The molecule has 0 aromatic rings. The number of nitrogens with one attached hydrogen (secondary N) is 2. The zero-order chi connectivity index (χ0) is 13.1. The number of piperidine rings is 1. The summed E-state index contributed by atoms with van der Waals surface area (Å²) in [4.78, 5) is 12.4. The predicted octanol–water partition coefficient (Wildman–Crippen LogP) is 2.32. The van der Waals surface area contributed by atoms with E-state index in [2.05, 4.69) is 31.4 Å². The Labute approximate surface area is 111 Å². The summed E-state index contributed by atoms with van der Waals surface area (Å²) in [7, 11) is 0. The minimum Gasteiger partial charge on any atom is -0.353 e. The molecule has 2 fully saturated rings. The molecule has 0 aromatic heterocycles. The van der Waals surface area contributed by atoms with E-state index in [0.717, 1.165) is 31.7 Å². The highest BCUT2D eigenvalue weighted by molar-refractivity contribution is 5.79. The largest absolute Gasteiger partial charge is 0.353 e. The Morgan fingerprint density at radius 3 is 2.61 bits per heavy atom. The molecule has 1 saturated heterocycles. The summed E-state index contributed by atoms with van der Waals surface area (Å²) in [6.07, 6.45) is 5.89. The molecule has 1 aliphatic heterocycles. The number of amides is 1. The van der Waals surface area contributed by atoms with Gasteiger partial charge in [0.1, 0.15) is 0 Å². The van der Waals surface area contributed by atoms with Gasteiger partial charge in [0.15, 0.2) is 0 Å². The van der Waals surface area contributed by atoms with Crippen molar-refractivity contribution in [2.75, 3.05) is 6.54 Å². The molecule has 3 nitrogen and oxygen atoms in total. The van der Waals surface area contributed by atoms with Gasteiger partial charge in [-0.15, -0.1) is 0 Å². The predicted molar refractivity (Wildman–Crippen MR) is 74.3 cm³/mol. The Hall–Kier alpha value is -0.570. The molecule has 3 heteroatoms. The summed E-state index contributed by atoms with van der Waals surface area (Å²) >= 11 is 0. The molecule has 1 saturated carbocycles. The van der Waals surface area contributed by atoms with E-state index in [1.165, 1.54) is 12.8 Å². The van der Waals surface area contributed by atoms with Crippen molar-refractivity contribution in [2.24, 2.45) is 17.8 Å². The zero-order valence-electron chi connectivity index (χ0n) is 12.0. The van der Waals surface area contributed by atoms with Crippen LogP contribution in [0.4, 0.5) is 0 Å². The van der Waals surface area contributed by atoms with Crippen LogP contribution >= 0.6 is 0 Å². The zero-order valence-corrected chi connectivity index (χ0v) is 12.0. The van der Waals surface area contributed by atoms with Crippen molar-refractivity contribution < 1.29 is 4.79 Å². The maximum absolute atomic E-state index is 12.4. The third kappa shape index (κ3) is 3.05. The van der Waals surface area contributed by atoms with E-state index in [1.54, 1.807) is 0 Å². The lowest BCUT2D eigenvalue weighted by atomic mass is 9.77. The highest BCUT2D eigenvalue weighted by Gasteiger charge is 2.32. The molecule has 1 aliphatic carbocycles. The molecule has 1 amide bonds. The Bertz CT molecular complexity index is 292. The Balaban J connectivity index is 1.89. The number of rotatable bonds is 2. The molecule has 0 bridgehead atoms. The highest BCUT2D eigenvalue weighted by atomic mass is 16.2. The quantitative estimate of drug-likeness (QED) is 0.792. The minimum absolute atomic E-state index is 0.170. The van der Waals surface area contributed by atoms with Crippen LogP contribution in [0.2, 0.25) is 0 Å². The molecular weight excluding hydrogens is 224 g/mol. The van der Waals surface area contributed by atoms with Gasteiger partial charge in [-0.25, -0.2) is 0 Å². The average Bonchev–Trinajstić information content (AvgIpc) is 2.35. The first-order valence-corrected chi connectivity index (χ1v) is 7.63. The molecule has 5 atom stereocenters. The minimum atomic E-state index is 0.170. The molecule has 2 aliphatic rings. The fraction of sp³-hybridized carbons (Fsp3) is 0.933. The van der Waals surface area contributed by atoms with Gasteiger partial charge in [-0.3, -0.25) is 4.79 Å². The lowest BCUT2D eigenvalue weighted by molar-refractivity contribution is -0.128. The van der Waals surface area contributed by atoms with Gasteiger partial charge in [0, 0.05) is 12.1 Å². The van der Waals surface area contributed by atoms with Gasteiger partial charge < -0.3 is 10.6 Å². The topological polar surface area (TPSA) is 41.1 Å².